The van der Waals surface area contributed by atoms with E-state index in [2.05, 4.69) is 9.97 Å². The van der Waals surface area contributed by atoms with Crippen LogP contribution in [0.15, 0.2) is 34.2 Å². The molecule has 20 heavy (non-hydrogen) atoms. The number of thioether (sulfide) groups is 1. The van der Waals surface area contributed by atoms with Gasteiger partial charge in [0.05, 0.1) is 5.75 Å². The lowest BCUT2D eigenvalue weighted by atomic mass is 10.2. The first-order valence-electron chi connectivity index (χ1n) is 6.33. The van der Waals surface area contributed by atoms with E-state index < -0.39 is 0 Å². The van der Waals surface area contributed by atoms with Gasteiger partial charge in [0, 0.05) is 37.1 Å². The number of rotatable bonds is 6. The van der Waals surface area contributed by atoms with Gasteiger partial charge in [0.15, 0.2) is 4.34 Å². The zero-order chi connectivity index (χ0) is 14.4. The molecule has 1 amide bonds. The average molecular weight is 307 g/mol. The molecule has 0 bridgehead atoms. The van der Waals surface area contributed by atoms with Crippen molar-refractivity contribution in [1.82, 2.24) is 14.9 Å². The summed E-state index contributed by atoms with van der Waals surface area (Å²) in [5.74, 6) is 0.580. The molecule has 0 spiro atoms. The second-order valence-corrected chi connectivity index (χ2v) is 6.54. The Morgan fingerprint density at radius 2 is 2.15 bits per heavy atom. The number of carbonyl (C=O) groups is 1. The smallest absolute Gasteiger partial charge is 0.232 e. The van der Waals surface area contributed by atoms with E-state index in [1.807, 2.05) is 31.5 Å². The van der Waals surface area contributed by atoms with E-state index in [0.717, 1.165) is 23.0 Å². The van der Waals surface area contributed by atoms with Gasteiger partial charge in [-0.2, -0.15) is 0 Å². The normalized spacial score (nSPS) is 10.5. The Kier molecular flexibility index (Phi) is 5.55. The van der Waals surface area contributed by atoms with Gasteiger partial charge < -0.3 is 4.90 Å². The summed E-state index contributed by atoms with van der Waals surface area (Å²) in [4.78, 5) is 22.1. The van der Waals surface area contributed by atoms with Crippen LogP contribution in [0.3, 0.4) is 0 Å². The molecule has 0 radical (unpaired) electrons. The summed E-state index contributed by atoms with van der Waals surface area (Å²) in [6, 6.07) is 3.96. The van der Waals surface area contributed by atoms with Crippen molar-refractivity contribution in [2.75, 3.05) is 19.3 Å². The highest BCUT2D eigenvalue weighted by molar-refractivity contribution is 8.01. The first-order chi connectivity index (χ1) is 9.65. The molecule has 0 aliphatic heterocycles. The SMILES string of the molecule is Cc1csc(SCC(=O)N(C)CCc2ccncc2)n1. The molecular formula is C14H17N3OS2. The molecule has 0 aliphatic carbocycles. The van der Waals surface area contributed by atoms with Gasteiger partial charge in [-0.25, -0.2) is 4.98 Å². The number of hydrogen-bond acceptors (Lipinski definition) is 5. The largest absolute Gasteiger partial charge is 0.345 e. The van der Waals surface area contributed by atoms with Crippen molar-refractivity contribution in [3.05, 3.63) is 41.2 Å². The monoisotopic (exact) mass is 307 g/mol. The zero-order valence-corrected chi connectivity index (χ0v) is 13.2. The zero-order valence-electron chi connectivity index (χ0n) is 11.6. The third-order valence-corrected chi connectivity index (χ3v) is 4.95. The molecular weight excluding hydrogens is 290 g/mol. The predicted molar refractivity (Wildman–Crippen MR) is 83.2 cm³/mol. The van der Waals surface area contributed by atoms with Crippen LogP contribution in [0.5, 0.6) is 0 Å². The van der Waals surface area contributed by atoms with Crippen LogP contribution in [0, 0.1) is 6.92 Å². The van der Waals surface area contributed by atoms with Crippen molar-refractivity contribution in [2.45, 2.75) is 17.7 Å². The number of nitrogens with zero attached hydrogens (tertiary/aromatic N) is 3. The highest BCUT2D eigenvalue weighted by Crippen LogP contribution is 2.22. The number of likely N-dealkylation sites (N-methyl/N-ethyl adjacent to an activating group) is 1. The van der Waals surface area contributed by atoms with Gasteiger partial charge >= 0.3 is 0 Å². The van der Waals surface area contributed by atoms with E-state index in [-0.39, 0.29) is 5.91 Å². The van der Waals surface area contributed by atoms with Gasteiger partial charge in [-0.3, -0.25) is 9.78 Å². The van der Waals surface area contributed by atoms with Crippen LogP contribution >= 0.6 is 23.1 Å². The summed E-state index contributed by atoms with van der Waals surface area (Å²) in [7, 11) is 1.84. The summed E-state index contributed by atoms with van der Waals surface area (Å²) >= 11 is 3.09. The molecule has 0 aromatic carbocycles. The number of aromatic nitrogens is 2. The minimum absolute atomic E-state index is 0.136. The molecule has 0 atom stereocenters. The Balaban J connectivity index is 1.74. The maximum Gasteiger partial charge on any atom is 0.232 e. The first kappa shape index (κ1) is 15.0. The Hall–Kier alpha value is -1.40. The van der Waals surface area contributed by atoms with E-state index in [1.54, 1.807) is 28.6 Å². The molecule has 6 heteroatoms. The number of hydrogen-bond donors (Lipinski definition) is 0. The lowest BCUT2D eigenvalue weighted by molar-refractivity contribution is -0.127. The molecule has 2 aromatic rings. The van der Waals surface area contributed by atoms with Crippen LogP contribution in [0.2, 0.25) is 0 Å². The molecule has 2 aromatic heterocycles. The maximum atomic E-state index is 12.0. The molecule has 0 unspecified atom stereocenters. The fourth-order valence-corrected chi connectivity index (χ4v) is 3.39. The van der Waals surface area contributed by atoms with Crippen molar-refractivity contribution in [1.29, 1.82) is 0 Å². The molecule has 4 nitrogen and oxygen atoms in total. The predicted octanol–water partition coefficient (Wildman–Crippen LogP) is 2.64. The summed E-state index contributed by atoms with van der Waals surface area (Å²) in [6.07, 6.45) is 4.40. The fourth-order valence-electron chi connectivity index (χ4n) is 1.60. The molecule has 0 fully saturated rings. The Bertz CT molecular complexity index is 557. The highest BCUT2D eigenvalue weighted by atomic mass is 32.2. The Labute approximate surface area is 127 Å². The molecule has 106 valence electrons. The summed E-state index contributed by atoms with van der Waals surface area (Å²) in [5.41, 5.74) is 2.21. The lowest BCUT2D eigenvalue weighted by Gasteiger charge is -2.16. The van der Waals surface area contributed by atoms with Crippen molar-refractivity contribution >= 4 is 29.0 Å². The van der Waals surface area contributed by atoms with Crippen LogP contribution in [-0.4, -0.2) is 40.1 Å². The average Bonchev–Trinajstić information content (AvgIpc) is 2.89. The number of amides is 1. The molecule has 0 saturated heterocycles. The van der Waals surface area contributed by atoms with E-state index in [1.165, 1.54) is 17.3 Å². The molecule has 0 N–H and O–H groups in total. The van der Waals surface area contributed by atoms with Gasteiger partial charge in [0.2, 0.25) is 5.91 Å². The van der Waals surface area contributed by atoms with Crippen molar-refractivity contribution in [2.24, 2.45) is 0 Å². The van der Waals surface area contributed by atoms with Gasteiger partial charge in [-0.05, 0) is 31.0 Å². The molecule has 0 saturated carbocycles. The molecule has 0 aliphatic rings. The lowest BCUT2D eigenvalue weighted by Crippen LogP contribution is -2.30. The van der Waals surface area contributed by atoms with Gasteiger partial charge in [0.25, 0.3) is 0 Å². The topological polar surface area (TPSA) is 46.1 Å². The van der Waals surface area contributed by atoms with Crippen molar-refractivity contribution in [3.63, 3.8) is 0 Å². The van der Waals surface area contributed by atoms with E-state index in [4.69, 9.17) is 0 Å². The van der Waals surface area contributed by atoms with Crippen molar-refractivity contribution < 1.29 is 4.79 Å². The van der Waals surface area contributed by atoms with E-state index in [0.29, 0.717) is 5.75 Å². The number of thiazole rings is 1. The molecule has 2 rings (SSSR count). The van der Waals surface area contributed by atoms with Crippen LogP contribution in [0.25, 0.3) is 0 Å². The first-order valence-corrected chi connectivity index (χ1v) is 8.19. The second kappa shape index (κ2) is 7.40. The molecule has 2 heterocycles. The standard InChI is InChI=1S/C14H17N3OS2/c1-11-9-19-14(16-11)20-10-13(18)17(2)8-5-12-3-6-15-7-4-12/h3-4,6-7,9H,5,8,10H2,1-2H3. The third-order valence-electron chi connectivity index (χ3n) is 2.83. The van der Waals surface area contributed by atoms with Crippen molar-refractivity contribution in [3.8, 4) is 0 Å². The summed E-state index contributed by atoms with van der Waals surface area (Å²) in [6.45, 7) is 2.68. The Morgan fingerprint density at radius 1 is 1.40 bits per heavy atom. The summed E-state index contributed by atoms with van der Waals surface area (Å²) < 4.78 is 0.957. The quantitative estimate of drug-likeness (QED) is 0.770. The van der Waals surface area contributed by atoms with Gasteiger partial charge in [-0.15, -0.1) is 11.3 Å². The second-order valence-electron chi connectivity index (χ2n) is 4.46. The Morgan fingerprint density at radius 3 is 2.80 bits per heavy atom. The fraction of sp³-hybridized carbons (Fsp3) is 0.357. The number of pyridine rings is 1. The van der Waals surface area contributed by atoms with Crippen LogP contribution in [0.4, 0.5) is 0 Å². The van der Waals surface area contributed by atoms with Gasteiger partial charge in [0.1, 0.15) is 0 Å². The highest BCUT2D eigenvalue weighted by Gasteiger charge is 2.10. The minimum atomic E-state index is 0.136. The van der Waals surface area contributed by atoms with Crippen LogP contribution in [0.1, 0.15) is 11.3 Å². The summed E-state index contributed by atoms with van der Waals surface area (Å²) in [5, 5.41) is 2.00. The van der Waals surface area contributed by atoms with Crippen LogP contribution in [-0.2, 0) is 11.2 Å². The minimum Gasteiger partial charge on any atom is -0.345 e. The number of aryl methyl sites for hydroxylation is 1. The van der Waals surface area contributed by atoms with Gasteiger partial charge in [-0.1, -0.05) is 11.8 Å². The third kappa shape index (κ3) is 4.61. The van der Waals surface area contributed by atoms with E-state index >= 15 is 0 Å². The van der Waals surface area contributed by atoms with Crippen LogP contribution < -0.4 is 0 Å². The number of carbonyl (C=O) groups excluding carboxylic acids is 1. The maximum absolute atomic E-state index is 12.0. The van der Waals surface area contributed by atoms with E-state index in [9.17, 15) is 4.79 Å².